The number of rotatable bonds is 6. The van der Waals surface area contributed by atoms with Gasteiger partial charge in [-0.25, -0.2) is 0 Å². The largest absolute Gasteiger partial charge is 0.491 e. The van der Waals surface area contributed by atoms with Crippen LogP contribution in [-0.4, -0.2) is 29.0 Å². The SMILES string of the molecule is Cc1ccccc1OCC(O)CNn1c(C)ccc1C. The highest BCUT2D eigenvalue weighted by Crippen LogP contribution is 2.16. The lowest BCUT2D eigenvalue weighted by atomic mass is 10.2. The molecule has 0 aliphatic rings. The van der Waals surface area contributed by atoms with Crippen LogP contribution in [0.2, 0.25) is 0 Å². The number of para-hydroxylation sites is 1. The predicted molar refractivity (Wildman–Crippen MR) is 80.8 cm³/mol. The first-order valence-corrected chi connectivity index (χ1v) is 6.83. The van der Waals surface area contributed by atoms with Crippen molar-refractivity contribution >= 4 is 0 Å². The molecule has 1 atom stereocenters. The third-order valence-electron chi connectivity index (χ3n) is 3.28. The van der Waals surface area contributed by atoms with Crippen molar-refractivity contribution in [3.8, 4) is 5.75 Å². The van der Waals surface area contributed by atoms with Crippen LogP contribution < -0.4 is 10.2 Å². The molecule has 0 saturated heterocycles. The van der Waals surface area contributed by atoms with Crippen LogP contribution >= 0.6 is 0 Å². The molecule has 1 aromatic heterocycles. The predicted octanol–water partition coefficient (Wildman–Crippen LogP) is 2.40. The van der Waals surface area contributed by atoms with E-state index in [-0.39, 0.29) is 6.61 Å². The highest BCUT2D eigenvalue weighted by Gasteiger charge is 2.08. The van der Waals surface area contributed by atoms with Gasteiger partial charge in [-0.2, -0.15) is 0 Å². The second-order valence-corrected chi connectivity index (χ2v) is 5.04. The third kappa shape index (κ3) is 3.54. The summed E-state index contributed by atoms with van der Waals surface area (Å²) in [6.45, 7) is 6.76. The standard InChI is InChI=1S/C16H22N2O2/c1-12-6-4-5-7-16(12)20-11-15(19)10-17-18-13(2)8-9-14(18)3/h4-9,15,17,19H,10-11H2,1-3H3. The molecule has 0 radical (unpaired) electrons. The van der Waals surface area contributed by atoms with Gasteiger partial charge in [0.05, 0.1) is 6.54 Å². The van der Waals surface area contributed by atoms with Crippen molar-refractivity contribution in [1.29, 1.82) is 0 Å². The highest BCUT2D eigenvalue weighted by molar-refractivity contribution is 5.31. The van der Waals surface area contributed by atoms with E-state index in [2.05, 4.69) is 5.43 Å². The van der Waals surface area contributed by atoms with Gasteiger partial charge in [-0.15, -0.1) is 0 Å². The van der Waals surface area contributed by atoms with Crippen LogP contribution in [-0.2, 0) is 0 Å². The molecule has 1 unspecified atom stereocenters. The Hall–Kier alpha value is -1.94. The summed E-state index contributed by atoms with van der Waals surface area (Å²) in [5.74, 6) is 0.819. The van der Waals surface area contributed by atoms with Gasteiger partial charge in [0, 0.05) is 11.4 Å². The quantitative estimate of drug-likeness (QED) is 0.850. The molecule has 2 aromatic rings. The number of aliphatic hydroxyl groups is 1. The molecule has 2 N–H and O–H groups in total. The van der Waals surface area contributed by atoms with E-state index in [9.17, 15) is 5.11 Å². The van der Waals surface area contributed by atoms with Crippen LogP contribution in [0.3, 0.4) is 0 Å². The fraction of sp³-hybridized carbons (Fsp3) is 0.375. The molecule has 0 fully saturated rings. The number of aromatic nitrogens is 1. The van der Waals surface area contributed by atoms with Crippen LogP contribution in [0.1, 0.15) is 17.0 Å². The number of benzene rings is 1. The molecular formula is C16H22N2O2. The molecule has 1 aromatic carbocycles. The fourth-order valence-corrected chi connectivity index (χ4v) is 2.08. The highest BCUT2D eigenvalue weighted by atomic mass is 16.5. The Bertz CT molecular complexity index is 544. The molecule has 4 nitrogen and oxygen atoms in total. The van der Waals surface area contributed by atoms with E-state index in [0.29, 0.717) is 6.54 Å². The maximum Gasteiger partial charge on any atom is 0.122 e. The second kappa shape index (κ2) is 6.48. The summed E-state index contributed by atoms with van der Waals surface area (Å²) in [5, 5.41) is 9.98. The molecule has 2 rings (SSSR count). The third-order valence-corrected chi connectivity index (χ3v) is 3.28. The molecule has 0 amide bonds. The van der Waals surface area contributed by atoms with Gasteiger partial charge in [0.15, 0.2) is 0 Å². The zero-order valence-electron chi connectivity index (χ0n) is 12.3. The number of nitrogens with one attached hydrogen (secondary N) is 1. The van der Waals surface area contributed by atoms with Gasteiger partial charge < -0.3 is 15.3 Å². The Morgan fingerprint density at radius 1 is 1.10 bits per heavy atom. The van der Waals surface area contributed by atoms with Gasteiger partial charge in [0.1, 0.15) is 18.5 Å². The van der Waals surface area contributed by atoms with E-state index in [0.717, 1.165) is 22.7 Å². The monoisotopic (exact) mass is 274 g/mol. The van der Waals surface area contributed by atoms with Crippen molar-refractivity contribution < 1.29 is 9.84 Å². The van der Waals surface area contributed by atoms with E-state index >= 15 is 0 Å². The minimum atomic E-state index is -0.559. The lowest BCUT2D eigenvalue weighted by Gasteiger charge is -2.17. The Labute approximate surface area is 120 Å². The molecule has 0 bridgehead atoms. The van der Waals surface area contributed by atoms with Gasteiger partial charge in [-0.05, 0) is 44.5 Å². The smallest absolute Gasteiger partial charge is 0.122 e. The molecule has 0 aliphatic carbocycles. The van der Waals surface area contributed by atoms with Crippen molar-refractivity contribution in [3.05, 3.63) is 53.3 Å². The average molecular weight is 274 g/mol. The Morgan fingerprint density at radius 2 is 1.75 bits per heavy atom. The summed E-state index contributed by atoms with van der Waals surface area (Å²) in [6.07, 6.45) is -0.559. The van der Waals surface area contributed by atoms with Crippen molar-refractivity contribution in [2.45, 2.75) is 26.9 Å². The fourth-order valence-electron chi connectivity index (χ4n) is 2.08. The number of aryl methyl sites for hydroxylation is 3. The lowest BCUT2D eigenvalue weighted by Crippen LogP contribution is -2.31. The first-order chi connectivity index (χ1) is 9.58. The number of aliphatic hydroxyl groups excluding tert-OH is 1. The van der Waals surface area contributed by atoms with Gasteiger partial charge in [-0.1, -0.05) is 18.2 Å². The number of ether oxygens (including phenoxy) is 1. The lowest BCUT2D eigenvalue weighted by molar-refractivity contribution is 0.115. The molecule has 1 heterocycles. The van der Waals surface area contributed by atoms with Crippen molar-refractivity contribution in [2.75, 3.05) is 18.6 Å². The van der Waals surface area contributed by atoms with Gasteiger partial charge in [0.2, 0.25) is 0 Å². The van der Waals surface area contributed by atoms with Gasteiger partial charge in [-0.3, -0.25) is 4.68 Å². The first-order valence-electron chi connectivity index (χ1n) is 6.83. The van der Waals surface area contributed by atoms with Crippen LogP contribution in [0.5, 0.6) is 5.75 Å². The Kier molecular flexibility index (Phi) is 4.69. The molecule has 0 aliphatic heterocycles. The van der Waals surface area contributed by atoms with E-state index < -0.39 is 6.10 Å². The Balaban J connectivity index is 1.82. The van der Waals surface area contributed by atoms with Crippen molar-refractivity contribution in [2.24, 2.45) is 0 Å². The molecule has 108 valence electrons. The van der Waals surface area contributed by atoms with Gasteiger partial charge in [0.25, 0.3) is 0 Å². The van der Waals surface area contributed by atoms with Gasteiger partial charge >= 0.3 is 0 Å². The maximum absolute atomic E-state index is 9.98. The summed E-state index contributed by atoms with van der Waals surface area (Å²) in [6, 6.07) is 11.9. The summed E-state index contributed by atoms with van der Waals surface area (Å²) in [4.78, 5) is 0. The summed E-state index contributed by atoms with van der Waals surface area (Å²) >= 11 is 0. The normalized spacial score (nSPS) is 12.2. The number of nitrogens with zero attached hydrogens (tertiary/aromatic N) is 1. The number of hydrogen-bond acceptors (Lipinski definition) is 3. The maximum atomic E-state index is 9.98. The topological polar surface area (TPSA) is 46.4 Å². The average Bonchev–Trinajstić information content (AvgIpc) is 2.75. The minimum Gasteiger partial charge on any atom is -0.491 e. The molecular weight excluding hydrogens is 252 g/mol. The van der Waals surface area contributed by atoms with Crippen LogP contribution in [0.25, 0.3) is 0 Å². The van der Waals surface area contributed by atoms with E-state index in [1.165, 1.54) is 0 Å². The molecule has 20 heavy (non-hydrogen) atoms. The van der Waals surface area contributed by atoms with Crippen molar-refractivity contribution in [3.63, 3.8) is 0 Å². The Morgan fingerprint density at radius 3 is 2.40 bits per heavy atom. The minimum absolute atomic E-state index is 0.275. The van der Waals surface area contributed by atoms with Crippen LogP contribution in [0.4, 0.5) is 0 Å². The zero-order chi connectivity index (χ0) is 14.5. The summed E-state index contributed by atoms with van der Waals surface area (Å²) < 4.78 is 7.60. The van der Waals surface area contributed by atoms with Crippen LogP contribution in [0.15, 0.2) is 36.4 Å². The van der Waals surface area contributed by atoms with Crippen LogP contribution in [0, 0.1) is 20.8 Å². The second-order valence-electron chi connectivity index (χ2n) is 5.04. The van der Waals surface area contributed by atoms with Crippen molar-refractivity contribution in [1.82, 2.24) is 4.68 Å². The summed E-state index contributed by atoms with van der Waals surface area (Å²) in [7, 11) is 0. The first kappa shape index (κ1) is 14.5. The molecule has 0 saturated carbocycles. The zero-order valence-corrected chi connectivity index (χ0v) is 12.3. The molecule has 4 heteroatoms. The number of hydrogen-bond donors (Lipinski definition) is 2. The van der Waals surface area contributed by atoms with E-state index in [1.54, 1.807) is 0 Å². The van der Waals surface area contributed by atoms with E-state index in [1.807, 2.05) is 61.8 Å². The summed E-state index contributed by atoms with van der Waals surface area (Å²) in [5.41, 5.74) is 6.51. The molecule has 0 spiro atoms. The van der Waals surface area contributed by atoms with E-state index in [4.69, 9.17) is 4.74 Å².